The van der Waals surface area contributed by atoms with E-state index in [4.69, 9.17) is 9.47 Å². The number of pyridine rings is 1. The molecule has 1 aromatic heterocycles. The van der Waals surface area contributed by atoms with E-state index in [0.29, 0.717) is 16.7 Å². The highest BCUT2D eigenvalue weighted by atomic mass is 16.5. The molecule has 1 aromatic carbocycles. The molecular formula is C20H24NO4+. The number of rotatable bonds is 5. The highest BCUT2D eigenvalue weighted by molar-refractivity contribution is 6.06. The highest BCUT2D eigenvalue weighted by Crippen LogP contribution is 2.31. The van der Waals surface area contributed by atoms with Gasteiger partial charge in [-0.2, -0.15) is 0 Å². The van der Waals surface area contributed by atoms with Gasteiger partial charge in [0.15, 0.2) is 11.4 Å². The molecule has 132 valence electrons. The van der Waals surface area contributed by atoms with Crippen molar-refractivity contribution >= 4 is 11.9 Å². The largest absolute Gasteiger partial charge is 0.462 e. The summed E-state index contributed by atoms with van der Waals surface area (Å²) in [5.41, 5.74) is 3.60. The van der Waals surface area contributed by atoms with Gasteiger partial charge in [0, 0.05) is 19.4 Å². The zero-order chi connectivity index (χ0) is 18.6. The van der Waals surface area contributed by atoms with Crippen LogP contribution in [0.15, 0.2) is 30.3 Å². The van der Waals surface area contributed by atoms with Crippen LogP contribution >= 0.6 is 0 Å². The fourth-order valence-electron chi connectivity index (χ4n) is 2.87. The molecule has 0 saturated carbocycles. The second-order valence-corrected chi connectivity index (χ2v) is 5.66. The molecule has 0 amide bonds. The molecule has 0 atom stereocenters. The van der Waals surface area contributed by atoms with Gasteiger partial charge in [0.2, 0.25) is 0 Å². The third kappa shape index (κ3) is 3.55. The van der Waals surface area contributed by atoms with Crippen LogP contribution in [0.1, 0.15) is 46.0 Å². The molecule has 0 saturated heterocycles. The van der Waals surface area contributed by atoms with Crippen LogP contribution in [0.4, 0.5) is 0 Å². The van der Waals surface area contributed by atoms with Crippen LogP contribution in [0.2, 0.25) is 0 Å². The number of hydrogen-bond acceptors (Lipinski definition) is 4. The lowest BCUT2D eigenvalue weighted by atomic mass is 9.92. The number of hydrogen-bond donors (Lipinski definition) is 0. The van der Waals surface area contributed by atoms with Crippen molar-refractivity contribution < 1.29 is 23.6 Å². The van der Waals surface area contributed by atoms with Gasteiger partial charge in [-0.25, -0.2) is 14.2 Å². The summed E-state index contributed by atoms with van der Waals surface area (Å²) in [6.45, 7) is 7.74. The molecule has 0 unspecified atom stereocenters. The molecule has 0 spiro atoms. The molecule has 0 radical (unpaired) electrons. The van der Waals surface area contributed by atoms with E-state index < -0.39 is 11.9 Å². The summed E-state index contributed by atoms with van der Waals surface area (Å²) in [5.74, 6) is -0.889. The number of aromatic nitrogens is 1. The van der Waals surface area contributed by atoms with Crippen molar-refractivity contribution in [3.05, 3.63) is 52.8 Å². The predicted octanol–water partition coefficient (Wildman–Crippen LogP) is 3.15. The molecule has 2 rings (SSSR count). The van der Waals surface area contributed by atoms with Gasteiger partial charge in [-0.05, 0) is 19.4 Å². The predicted molar refractivity (Wildman–Crippen MR) is 94.4 cm³/mol. The molecule has 5 heteroatoms. The van der Waals surface area contributed by atoms with Gasteiger partial charge in [0.1, 0.15) is 18.2 Å². The molecular weight excluding hydrogens is 318 g/mol. The first-order chi connectivity index (χ1) is 11.9. The summed E-state index contributed by atoms with van der Waals surface area (Å²) < 4.78 is 12.3. The lowest BCUT2D eigenvalue weighted by Gasteiger charge is -2.16. The van der Waals surface area contributed by atoms with Crippen LogP contribution in [0.5, 0.6) is 0 Å². The van der Waals surface area contributed by atoms with E-state index >= 15 is 0 Å². The third-order valence-electron chi connectivity index (χ3n) is 4.25. The monoisotopic (exact) mass is 342 g/mol. The van der Waals surface area contributed by atoms with Crippen molar-refractivity contribution in [3.63, 3.8) is 0 Å². The molecule has 0 aliphatic rings. The van der Waals surface area contributed by atoms with E-state index in [9.17, 15) is 9.59 Å². The van der Waals surface area contributed by atoms with Crippen LogP contribution in [0, 0.1) is 13.8 Å². The number of esters is 2. The fourth-order valence-corrected chi connectivity index (χ4v) is 2.87. The molecule has 1 heterocycles. The number of nitrogens with zero attached hydrogens (tertiary/aromatic N) is 1. The van der Waals surface area contributed by atoms with Gasteiger partial charge in [-0.15, -0.1) is 0 Å². The summed E-state index contributed by atoms with van der Waals surface area (Å²) in [6, 6.07) is 9.38. The van der Waals surface area contributed by atoms with Crippen molar-refractivity contribution in [3.8, 4) is 11.1 Å². The molecule has 2 aromatic rings. The minimum absolute atomic E-state index is 0.263. The van der Waals surface area contributed by atoms with Gasteiger partial charge in [-0.1, -0.05) is 30.3 Å². The Hall–Kier alpha value is -2.69. The minimum Gasteiger partial charge on any atom is -0.462 e. The Balaban J connectivity index is 2.91. The van der Waals surface area contributed by atoms with Crippen LogP contribution < -0.4 is 4.57 Å². The lowest BCUT2D eigenvalue weighted by molar-refractivity contribution is -0.683. The fraction of sp³-hybridized carbons (Fsp3) is 0.350. The normalized spacial score (nSPS) is 10.4. The molecule has 0 N–H and O–H groups in total. The topological polar surface area (TPSA) is 56.5 Å². The van der Waals surface area contributed by atoms with Crippen LogP contribution in [-0.2, 0) is 16.5 Å². The first-order valence-electron chi connectivity index (χ1n) is 8.36. The Morgan fingerprint density at radius 3 is 1.72 bits per heavy atom. The van der Waals surface area contributed by atoms with E-state index in [0.717, 1.165) is 17.0 Å². The molecule has 0 aliphatic heterocycles. The summed E-state index contributed by atoms with van der Waals surface area (Å²) >= 11 is 0. The Labute approximate surface area is 148 Å². The maximum Gasteiger partial charge on any atom is 0.345 e. The van der Waals surface area contributed by atoms with Crippen molar-refractivity contribution in [1.29, 1.82) is 0 Å². The minimum atomic E-state index is -0.444. The van der Waals surface area contributed by atoms with E-state index in [1.54, 1.807) is 13.8 Å². The van der Waals surface area contributed by atoms with Crippen molar-refractivity contribution in [1.82, 2.24) is 0 Å². The van der Waals surface area contributed by atoms with Crippen molar-refractivity contribution in [2.45, 2.75) is 27.7 Å². The number of carbonyl (C=O) groups is 2. The van der Waals surface area contributed by atoms with Crippen molar-refractivity contribution in [2.75, 3.05) is 13.2 Å². The van der Waals surface area contributed by atoms with Crippen LogP contribution in [-0.4, -0.2) is 25.2 Å². The average molecular weight is 342 g/mol. The number of benzene rings is 1. The lowest BCUT2D eigenvalue weighted by Crippen LogP contribution is -2.40. The Morgan fingerprint density at radius 1 is 0.880 bits per heavy atom. The summed E-state index contributed by atoms with van der Waals surface area (Å²) in [6.07, 6.45) is 0. The van der Waals surface area contributed by atoms with Gasteiger partial charge in [0.25, 0.3) is 0 Å². The van der Waals surface area contributed by atoms with Gasteiger partial charge >= 0.3 is 11.9 Å². The molecule has 0 fully saturated rings. The summed E-state index contributed by atoms with van der Waals surface area (Å²) in [5, 5.41) is 0. The average Bonchev–Trinajstić information content (AvgIpc) is 2.60. The van der Waals surface area contributed by atoms with Crippen LogP contribution in [0.25, 0.3) is 11.1 Å². The van der Waals surface area contributed by atoms with Gasteiger partial charge in [0.05, 0.1) is 13.2 Å². The third-order valence-corrected chi connectivity index (χ3v) is 4.25. The maximum absolute atomic E-state index is 12.7. The standard InChI is InChI=1S/C20H24NO4/c1-6-24-19(22)16-13(3)21(5)14(4)17(20(23)25-7-2)18(16)15-11-9-8-10-12-15/h8-12H,6-7H2,1-5H3/q+1. The SMILES string of the molecule is CCOC(=O)c1c(-c2ccccc2)c(C(=O)OCC)c(C)[n+](C)c1C. The Bertz CT molecular complexity index is 752. The highest BCUT2D eigenvalue weighted by Gasteiger charge is 2.33. The van der Waals surface area contributed by atoms with E-state index in [1.807, 2.05) is 55.8 Å². The van der Waals surface area contributed by atoms with Crippen LogP contribution in [0.3, 0.4) is 0 Å². The van der Waals surface area contributed by atoms with E-state index in [1.165, 1.54) is 0 Å². The number of ether oxygens (including phenoxy) is 2. The molecule has 0 bridgehead atoms. The Morgan fingerprint density at radius 2 is 1.32 bits per heavy atom. The van der Waals surface area contributed by atoms with Gasteiger partial charge in [-0.3, -0.25) is 0 Å². The second-order valence-electron chi connectivity index (χ2n) is 5.66. The van der Waals surface area contributed by atoms with E-state index in [-0.39, 0.29) is 13.2 Å². The first-order valence-corrected chi connectivity index (χ1v) is 8.36. The maximum atomic E-state index is 12.7. The molecule has 0 aliphatic carbocycles. The smallest absolute Gasteiger partial charge is 0.345 e. The second kappa shape index (κ2) is 7.92. The summed E-state index contributed by atoms with van der Waals surface area (Å²) in [4.78, 5) is 25.3. The quantitative estimate of drug-likeness (QED) is 0.619. The Kier molecular flexibility index (Phi) is 5.91. The first kappa shape index (κ1) is 18.6. The van der Waals surface area contributed by atoms with E-state index in [2.05, 4.69) is 0 Å². The van der Waals surface area contributed by atoms with Gasteiger partial charge < -0.3 is 9.47 Å². The van der Waals surface area contributed by atoms with Crippen molar-refractivity contribution in [2.24, 2.45) is 7.05 Å². The number of carbonyl (C=O) groups excluding carboxylic acids is 2. The summed E-state index contributed by atoms with van der Waals surface area (Å²) in [7, 11) is 1.82. The zero-order valence-electron chi connectivity index (χ0n) is 15.4. The molecule has 5 nitrogen and oxygen atoms in total. The molecule has 25 heavy (non-hydrogen) atoms. The zero-order valence-corrected chi connectivity index (χ0v) is 15.4.